The lowest BCUT2D eigenvalue weighted by atomic mass is 9.96. The van der Waals surface area contributed by atoms with Crippen molar-refractivity contribution in [2.24, 2.45) is 5.92 Å². The number of carbonyl (C=O) groups excluding carboxylic acids is 1. The average Bonchev–Trinajstić information content (AvgIpc) is 3.16. The van der Waals surface area contributed by atoms with Gasteiger partial charge in [0.1, 0.15) is 5.75 Å². The topological polar surface area (TPSA) is 71.8 Å². The molecule has 0 aliphatic carbocycles. The Hall–Kier alpha value is -3.30. The van der Waals surface area contributed by atoms with E-state index in [-0.39, 0.29) is 24.1 Å². The Morgan fingerprint density at radius 2 is 1.83 bits per heavy atom. The zero-order chi connectivity index (χ0) is 21.1. The van der Waals surface area contributed by atoms with Crippen molar-refractivity contribution in [3.63, 3.8) is 0 Å². The van der Waals surface area contributed by atoms with Crippen molar-refractivity contribution in [1.29, 1.82) is 0 Å². The molecule has 1 N–H and O–H groups in total. The van der Waals surface area contributed by atoms with E-state index in [1.54, 1.807) is 0 Å². The monoisotopic (exact) mass is 419 g/mol. The Morgan fingerprint density at radius 1 is 1.10 bits per heavy atom. The molecule has 158 valence electrons. The molecule has 3 aromatic rings. The Kier molecular flexibility index (Phi) is 5.47. The summed E-state index contributed by atoms with van der Waals surface area (Å²) in [5.74, 6) is 0.307. The van der Waals surface area contributed by atoms with Crippen LogP contribution in [0.3, 0.4) is 0 Å². The van der Waals surface area contributed by atoms with E-state index in [0.29, 0.717) is 31.5 Å². The van der Waals surface area contributed by atoms with Crippen LogP contribution in [-0.4, -0.2) is 40.0 Å². The Bertz CT molecular complexity index is 1010. The predicted molar refractivity (Wildman–Crippen MR) is 103 cm³/mol. The smallest absolute Gasteiger partial charge is 0.406 e. The third kappa shape index (κ3) is 4.64. The molecule has 10 heteroatoms. The number of benzene rings is 1. The minimum atomic E-state index is -4.72. The molecule has 30 heavy (non-hydrogen) atoms. The van der Waals surface area contributed by atoms with E-state index in [9.17, 15) is 18.0 Å². The average molecular weight is 419 g/mol. The minimum Gasteiger partial charge on any atom is -0.406 e. The van der Waals surface area contributed by atoms with E-state index >= 15 is 0 Å². The molecule has 1 aliphatic heterocycles. The maximum Gasteiger partial charge on any atom is 0.573 e. The zero-order valence-corrected chi connectivity index (χ0v) is 16.0. The number of nitrogens with one attached hydrogen (secondary N) is 1. The van der Waals surface area contributed by atoms with Crippen LogP contribution in [0.25, 0.3) is 5.65 Å². The molecule has 3 heterocycles. The number of pyridine rings is 1. The second-order valence-corrected chi connectivity index (χ2v) is 7.10. The van der Waals surface area contributed by atoms with Crippen molar-refractivity contribution in [3.8, 4) is 5.75 Å². The maximum atomic E-state index is 12.5. The van der Waals surface area contributed by atoms with Gasteiger partial charge in [-0.2, -0.15) is 0 Å². The van der Waals surface area contributed by atoms with Gasteiger partial charge in [0.15, 0.2) is 5.65 Å². The molecule has 0 atom stereocenters. The summed E-state index contributed by atoms with van der Waals surface area (Å²) in [6, 6.07) is 11.2. The number of rotatable bonds is 5. The number of alkyl halides is 3. The number of carbonyl (C=O) groups is 1. The predicted octanol–water partition coefficient (Wildman–Crippen LogP) is 3.16. The zero-order valence-electron chi connectivity index (χ0n) is 16.0. The van der Waals surface area contributed by atoms with E-state index in [1.165, 1.54) is 24.3 Å². The molecule has 4 rings (SSSR count). The van der Waals surface area contributed by atoms with Gasteiger partial charge >= 0.3 is 6.36 Å². The van der Waals surface area contributed by atoms with Gasteiger partial charge in [0.25, 0.3) is 0 Å². The molecule has 1 fully saturated rings. The first-order chi connectivity index (χ1) is 14.4. The van der Waals surface area contributed by atoms with Gasteiger partial charge in [-0.3, -0.25) is 9.20 Å². The van der Waals surface area contributed by atoms with Crippen molar-refractivity contribution >= 4 is 17.5 Å². The number of hydrogen-bond donors (Lipinski definition) is 1. The largest absolute Gasteiger partial charge is 0.573 e. The first-order valence-electron chi connectivity index (χ1n) is 9.56. The molecule has 0 bridgehead atoms. The summed E-state index contributed by atoms with van der Waals surface area (Å²) in [6.45, 7) is 1.63. The van der Waals surface area contributed by atoms with E-state index in [4.69, 9.17) is 0 Å². The van der Waals surface area contributed by atoms with E-state index in [0.717, 1.165) is 11.6 Å². The number of anilines is 1. The molecule has 1 aromatic carbocycles. The second-order valence-electron chi connectivity index (χ2n) is 7.10. The molecular formula is C20H20F3N5O2. The fourth-order valence-electron chi connectivity index (χ4n) is 3.53. The molecule has 2 aromatic heterocycles. The van der Waals surface area contributed by atoms with Crippen molar-refractivity contribution in [2.75, 3.05) is 18.0 Å². The maximum absolute atomic E-state index is 12.5. The lowest BCUT2D eigenvalue weighted by molar-refractivity contribution is -0.274. The first-order valence-corrected chi connectivity index (χ1v) is 9.56. The van der Waals surface area contributed by atoms with Crippen molar-refractivity contribution < 1.29 is 22.7 Å². The van der Waals surface area contributed by atoms with E-state index in [2.05, 4.69) is 25.2 Å². The van der Waals surface area contributed by atoms with Gasteiger partial charge in [-0.15, -0.1) is 23.4 Å². The van der Waals surface area contributed by atoms with Crippen molar-refractivity contribution in [3.05, 3.63) is 54.2 Å². The van der Waals surface area contributed by atoms with Crippen LogP contribution < -0.4 is 15.0 Å². The number of amides is 1. The number of aromatic nitrogens is 3. The molecule has 0 saturated carbocycles. The number of halogens is 3. The van der Waals surface area contributed by atoms with Crippen LogP contribution in [0.4, 0.5) is 19.1 Å². The SMILES string of the molecule is O=C(NCc1ccc(OC(F)(F)F)cc1)C1CCN(c2nnc3ccccn23)CC1. The summed E-state index contributed by atoms with van der Waals surface area (Å²) in [7, 11) is 0. The standard InChI is InChI=1S/C20H20F3N5O2/c21-20(22,23)30-16-6-4-14(5-7-16)13-24-18(29)15-8-11-27(12-9-15)19-26-25-17-3-1-2-10-28(17)19/h1-7,10,15H,8-9,11-13H2,(H,24,29). The quantitative estimate of drug-likeness (QED) is 0.688. The lowest BCUT2D eigenvalue weighted by Gasteiger charge is -2.31. The summed E-state index contributed by atoms with van der Waals surface area (Å²) in [5, 5.41) is 11.3. The van der Waals surface area contributed by atoms with Gasteiger partial charge in [0, 0.05) is 31.7 Å². The summed E-state index contributed by atoms with van der Waals surface area (Å²) in [4.78, 5) is 14.6. The van der Waals surface area contributed by atoms with Gasteiger partial charge in [0.2, 0.25) is 11.9 Å². The van der Waals surface area contributed by atoms with Gasteiger partial charge in [-0.25, -0.2) is 0 Å². The number of nitrogens with zero attached hydrogens (tertiary/aromatic N) is 4. The molecule has 7 nitrogen and oxygen atoms in total. The number of hydrogen-bond acceptors (Lipinski definition) is 5. The highest BCUT2D eigenvalue weighted by Gasteiger charge is 2.31. The van der Waals surface area contributed by atoms with Gasteiger partial charge in [0.05, 0.1) is 0 Å². The van der Waals surface area contributed by atoms with Gasteiger partial charge in [-0.05, 0) is 42.7 Å². The molecule has 1 amide bonds. The third-order valence-electron chi connectivity index (χ3n) is 5.07. The number of fused-ring (bicyclic) bond motifs is 1. The fourth-order valence-corrected chi connectivity index (χ4v) is 3.53. The summed E-state index contributed by atoms with van der Waals surface area (Å²) < 4.78 is 42.4. The van der Waals surface area contributed by atoms with Crippen LogP contribution in [0, 0.1) is 5.92 Å². The summed E-state index contributed by atoms with van der Waals surface area (Å²) in [6.07, 6.45) is -1.43. The van der Waals surface area contributed by atoms with Crippen LogP contribution in [0.5, 0.6) is 5.75 Å². The second kappa shape index (κ2) is 8.21. The lowest BCUT2D eigenvalue weighted by Crippen LogP contribution is -2.41. The van der Waals surface area contributed by atoms with E-state index in [1.807, 2.05) is 28.8 Å². The highest BCUT2D eigenvalue weighted by atomic mass is 19.4. The van der Waals surface area contributed by atoms with Crippen LogP contribution in [0.2, 0.25) is 0 Å². The number of piperidine rings is 1. The van der Waals surface area contributed by atoms with Gasteiger partial charge < -0.3 is 15.0 Å². The molecule has 1 saturated heterocycles. The minimum absolute atomic E-state index is 0.0589. The van der Waals surface area contributed by atoms with Crippen LogP contribution in [0.1, 0.15) is 18.4 Å². The van der Waals surface area contributed by atoms with Crippen LogP contribution >= 0.6 is 0 Å². The third-order valence-corrected chi connectivity index (χ3v) is 5.07. The Morgan fingerprint density at radius 3 is 2.53 bits per heavy atom. The first kappa shape index (κ1) is 20.0. The highest BCUT2D eigenvalue weighted by Crippen LogP contribution is 2.24. The molecule has 0 unspecified atom stereocenters. The number of ether oxygens (including phenoxy) is 1. The molecule has 0 radical (unpaired) electrons. The Labute approximate surface area is 170 Å². The normalized spacial score (nSPS) is 15.4. The van der Waals surface area contributed by atoms with Crippen molar-refractivity contribution in [2.45, 2.75) is 25.7 Å². The van der Waals surface area contributed by atoms with Crippen LogP contribution in [-0.2, 0) is 11.3 Å². The molecule has 1 aliphatic rings. The van der Waals surface area contributed by atoms with E-state index < -0.39 is 6.36 Å². The van der Waals surface area contributed by atoms with Crippen molar-refractivity contribution in [1.82, 2.24) is 19.9 Å². The molecule has 0 spiro atoms. The summed E-state index contributed by atoms with van der Waals surface area (Å²) >= 11 is 0. The fraction of sp³-hybridized carbons (Fsp3) is 0.350. The molecular weight excluding hydrogens is 399 g/mol. The Balaban J connectivity index is 1.27. The highest BCUT2D eigenvalue weighted by molar-refractivity contribution is 5.79. The van der Waals surface area contributed by atoms with Gasteiger partial charge in [-0.1, -0.05) is 18.2 Å². The van der Waals surface area contributed by atoms with Crippen LogP contribution in [0.15, 0.2) is 48.7 Å². The summed E-state index contributed by atoms with van der Waals surface area (Å²) in [5.41, 5.74) is 1.48.